The molecule has 5 nitrogen and oxygen atoms in total. The number of amides is 1. The molecule has 3 aromatic rings. The molecule has 0 fully saturated rings. The van der Waals surface area contributed by atoms with E-state index in [0.29, 0.717) is 16.7 Å². The minimum atomic E-state index is -0.788. The average molecular weight is 444 g/mol. The molecule has 154 valence electrons. The summed E-state index contributed by atoms with van der Waals surface area (Å²) in [5.74, 6) is -0.676. The Morgan fingerprint density at radius 1 is 1.20 bits per heavy atom. The molecule has 0 spiro atoms. The molecule has 1 atom stereocenters. The molecule has 2 aromatic carbocycles. The van der Waals surface area contributed by atoms with Crippen LogP contribution in [0.4, 0.5) is 10.2 Å². The number of anilines is 1. The van der Waals surface area contributed by atoms with Crippen molar-refractivity contribution in [3.8, 4) is 0 Å². The maximum Gasteiger partial charge on any atom is 0.279 e. The summed E-state index contributed by atoms with van der Waals surface area (Å²) in [4.78, 5) is 29.6. The first-order valence-electron chi connectivity index (χ1n) is 9.38. The first-order valence-corrected chi connectivity index (χ1v) is 10.7. The molecule has 0 radical (unpaired) electrons. The highest BCUT2D eigenvalue weighted by Gasteiger charge is 2.34. The van der Waals surface area contributed by atoms with Crippen LogP contribution in [0.25, 0.3) is 0 Å². The number of carbonyl (C=O) groups excluding carboxylic acids is 1. The quantitative estimate of drug-likeness (QED) is 0.471. The number of nitrogens with zero attached hydrogens (tertiary/aromatic N) is 2. The van der Waals surface area contributed by atoms with Crippen LogP contribution < -0.4 is 10.9 Å². The highest BCUT2D eigenvalue weighted by molar-refractivity contribution is 7.98. The summed E-state index contributed by atoms with van der Waals surface area (Å²) >= 11 is 7.63. The van der Waals surface area contributed by atoms with Gasteiger partial charge in [0.15, 0.2) is 5.16 Å². The zero-order chi connectivity index (χ0) is 21.4. The van der Waals surface area contributed by atoms with E-state index in [0.717, 1.165) is 11.1 Å². The summed E-state index contributed by atoms with van der Waals surface area (Å²) in [7, 11) is 1.73. The number of halogens is 2. The number of hydrogen-bond acceptors (Lipinski definition) is 4. The normalized spacial score (nSPS) is 15.6. The van der Waals surface area contributed by atoms with Crippen molar-refractivity contribution < 1.29 is 9.18 Å². The fraction of sp³-hybridized carbons (Fsp3) is 0.227. The molecule has 0 saturated carbocycles. The number of carbonyl (C=O) groups is 1. The second-order valence-electron chi connectivity index (χ2n) is 7.18. The Morgan fingerprint density at radius 2 is 1.97 bits per heavy atom. The van der Waals surface area contributed by atoms with Gasteiger partial charge in [0.05, 0.1) is 5.56 Å². The Hall–Kier alpha value is -2.64. The number of rotatable bonds is 4. The molecule has 30 heavy (non-hydrogen) atoms. The van der Waals surface area contributed by atoms with Crippen molar-refractivity contribution in [3.63, 3.8) is 0 Å². The van der Waals surface area contributed by atoms with E-state index in [1.165, 1.54) is 23.9 Å². The molecular formula is C22H19ClFN3O2S. The molecule has 1 N–H and O–H groups in total. The second kappa shape index (κ2) is 8.24. The molecule has 1 aliphatic rings. The Morgan fingerprint density at radius 3 is 2.70 bits per heavy atom. The van der Waals surface area contributed by atoms with Gasteiger partial charge in [-0.05, 0) is 30.2 Å². The van der Waals surface area contributed by atoms with Crippen molar-refractivity contribution in [3.05, 3.63) is 85.9 Å². The van der Waals surface area contributed by atoms with Crippen LogP contribution in [0.1, 0.15) is 34.6 Å². The van der Waals surface area contributed by atoms with E-state index in [2.05, 4.69) is 10.3 Å². The summed E-state index contributed by atoms with van der Waals surface area (Å²) in [6, 6.07) is 12.3. The summed E-state index contributed by atoms with van der Waals surface area (Å²) in [6.07, 6.45) is -0.0692. The first-order chi connectivity index (χ1) is 14.4. The smallest absolute Gasteiger partial charge is 0.279 e. The lowest BCUT2D eigenvalue weighted by atomic mass is 9.86. The lowest BCUT2D eigenvalue weighted by molar-refractivity contribution is -0.116. The van der Waals surface area contributed by atoms with Gasteiger partial charge in [0.2, 0.25) is 5.91 Å². The van der Waals surface area contributed by atoms with Gasteiger partial charge in [-0.2, -0.15) is 4.98 Å². The second-order valence-corrected chi connectivity index (χ2v) is 8.53. The van der Waals surface area contributed by atoms with Crippen molar-refractivity contribution in [1.82, 2.24) is 9.55 Å². The van der Waals surface area contributed by atoms with Gasteiger partial charge in [0, 0.05) is 35.7 Å². The zero-order valence-electron chi connectivity index (χ0n) is 16.4. The van der Waals surface area contributed by atoms with E-state index in [1.807, 2.05) is 31.2 Å². The standard InChI is InChI=1S/C22H19ClFN3O2S/c1-12-6-3-4-7-13(12)11-30-22-26-21(29)19-14(10-17(28)25-20(19)27(22)2)18-15(23)8-5-9-16(18)24/h3-9,14H,10-11H2,1-2H3,(H,25,28). The highest BCUT2D eigenvalue weighted by Crippen LogP contribution is 2.39. The average Bonchev–Trinajstić information content (AvgIpc) is 2.70. The van der Waals surface area contributed by atoms with E-state index in [4.69, 9.17) is 11.6 Å². The van der Waals surface area contributed by atoms with Crippen molar-refractivity contribution in [2.24, 2.45) is 7.05 Å². The maximum atomic E-state index is 14.6. The van der Waals surface area contributed by atoms with Gasteiger partial charge in [-0.3, -0.25) is 9.59 Å². The molecule has 1 amide bonds. The van der Waals surface area contributed by atoms with Crippen molar-refractivity contribution in [2.75, 3.05) is 5.32 Å². The van der Waals surface area contributed by atoms with Crippen molar-refractivity contribution in [1.29, 1.82) is 0 Å². The molecule has 1 unspecified atom stereocenters. The van der Waals surface area contributed by atoms with Crippen molar-refractivity contribution in [2.45, 2.75) is 30.2 Å². The summed E-state index contributed by atoms with van der Waals surface area (Å²) in [6.45, 7) is 2.03. The lowest BCUT2D eigenvalue weighted by Crippen LogP contribution is -2.34. The highest BCUT2D eigenvalue weighted by atomic mass is 35.5. The third-order valence-corrected chi connectivity index (χ3v) is 6.68. The zero-order valence-corrected chi connectivity index (χ0v) is 18.0. The Bertz CT molecular complexity index is 1190. The number of hydrogen-bond donors (Lipinski definition) is 1. The minimum absolute atomic E-state index is 0.0692. The van der Waals surface area contributed by atoms with Crippen LogP contribution in [0.5, 0.6) is 0 Å². The molecule has 2 heterocycles. The fourth-order valence-corrected chi connectivity index (χ4v) is 5.00. The van der Waals surface area contributed by atoms with Gasteiger partial charge < -0.3 is 9.88 Å². The Kier molecular flexibility index (Phi) is 5.66. The molecule has 0 aliphatic carbocycles. The summed E-state index contributed by atoms with van der Waals surface area (Å²) in [5, 5.41) is 3.42. The van der Waals surface area contributed by atoms with Gasteiger partial charge in [-0.25, -0.2) is 4.39 Å². The van der Waals surface area contributed by atoms with Crippen LogP contribution in [0.2, 0.25) is 5.02 Å². The predicted octanol–water partition coefficient (Wildman–Crippen LogP) is 4.65. The lowest BCUT2D eigenvalue weighted by Gasteiger charge is -2.28. The Labute approximate surface area is 182 Å². The van der Waals surface area contributed by atoms with Crippen LogP contribution in [-0.4, -0.2) is 15.5 Å². The topological polar surface area (TPSA) is 64.0 Å². The van der Waals surface area contributed by atoms with Crippen molar-refractivity contribution >= 4 is 35.1 Å². The third kappa shape index (κ3) is 3.75. The van der Waals surface area contributed by atoms with Gasteiger partial charge in [-0.15, -0.1) is 0 Å². The van der Waals surface area contributed by atoms with Gasteiger partial charge >= 0.3 is 0 Å². The van der Waals surface area contributed by atoms with E-state index in [-0.39, 0.29) is 28.5 Å². The number of benzene rings is 2. The third-order valence-electron chi connectivity index (χ3n) is 5.27. The van der Waals surface area contributed by atoms with E-state index < -0.39 is 17.3 Å². The summed E-state index contributed by atoms with van der Waals surface area (Å²) in [5.41, 5.74) is 2.20. The minimum Gasteiger partial charge on any atom is -0.312 e. The fourth-order valence-electron chi connectivity index (χ4n) is 3.67. The number of thioether (sulfide) groups is 1. The van der Waals surface area contributed by atoms with Crippen LogP contribution in [0.3, 0.4) is 0 Å². The van der Waals surface area contributed by atoms with E-state index in [1.54, 1.807) is 17.7 Å². The van der Waals surface area contributed by atoms with Gasteiger partial charge in [0.1, 0.15) is 11.6 Å². The largest absolute Gasteiger partial charge is 0.312 e. The van der Waals surface area contributed by atoms with Crippen LogP contribution in [0.15, 0.2) is 52.4 Å². The molecule has 1 aromatic heterocycles. The molecule has 0 saturated heterocycles. The van der Waals surface area contributed by atoms with Gasteiger partial charge in [-0.1, -0.05) is 53.7 Å². The maximum absolute atomic E-state index is 14.6. The molecule has 0 bridgehead atoms. The predicted molar refractivity (Wildman–Crippen MR) is 117 cm³/mol. The Balaban J connectivity index is 1.77. The van der Waals surface area contributed by atoms with Crippen LogP contribution in [-0.2, 0) is 17.6 Å². The number of aromatic nitrogens is 2. The number of aryl methyl sites for hydroxylation is 1. The van der Waals surface area contributed by atoms with Crippen LogP contribution in [0, 0.1) is 12.7 Å². The molecule has 4 rings (SSSR count). The first kappa shape index (κ1) is 20.6. The molecule has 1 aliphatic heterocycles. The van der Waals surface area contributed by atoms with E-state index >= 15 is 0 Å². The van der Waals surface area contributed by atoms with E-state index in [9.17, 15) is 14.0 Å². The molecule has 8 heteroatoms. The number of nitrogens with one attached hydrogen (secondary N) is 1. The van der Waals surface area contributed by atoms with Crippen LogP contribution >= 0.6 is 23.4 Å². The van der Waals surface area contributed by atoms with Gasteiger partial charge in [0.25, 0.3) is 5.56 Å². The monoisotopic (exact) mass is 443 g/mol. The SMILES string of the molecule is Cc1ccccc1CSc1nc(=O)c2c(n1C)NC(=O)CC2c1c(F)cccc1Cl. The summed E-state index contributed by atoms with van der Waals surface area (Å²) < 4.78 is 16.2. The molecular weight excluding hydrogens is 425 g/mol. The number of fused-ring (bicyclic) bond motifs is 1.